The Kier molecular flexibility index (Phi) is 4.94. The van der Waals surface area contributed by atoms with Crippen molar-refractivity contribution in [3.8, 4) is 5.75 Å². The maximum absolute atomic E-state index is 12.9. The molecule has 2 rings (SSSR count). The van der Waals surface area contributed by atoms with Crippen LogP contribution in [0.1, 0.15) is 38.2 Å². The van der Waals surface area contributed by atoms with E-state index in [0.717, 1.165) is 31.2 Å². The van der Waals surface area contributed by atoms with Gasteiger partial charge in [0.05, 0.1) is 7.11 Å². The van der Waals surface area contributed by atoms with E-state index in [4.69, 9.17) is 4.74 Å². The number of aryl methyl sites for hydroxylation is 1. The fourth-order valence-electron chi connectivity index (χ4n) is 2.94. The van der Waals surface area contributed by atoms with E-state index in [-0.39, 0.29) is 10.9 Å². The number of hydrogen-bond acceptors (Lipinski definition) is 3. The second-order valence-electron chi connectivity index (χ2n) is 6.09. The summed E-state index contributed by atoms with van der Waals surface area (Å²) in [5.74, 6) is 1.11. The Morgan fingerprint density at radius 1 is 1.19 bits per heavy atom. The molecule has 0 radical (unpaired) electrons. The van der Waals surface area contributed by atoms with Crippen LogP contribution in [0.5, 0.6) is 5.75 Å². The van der Waals surface area contributed by atoms with Gasteiger partial charge in [-0.05, 0) is 56.2 Å². The van der Waals surface area contributed by atoms with Crippen LogP contribution in [0.2, 0.25) is 0 Å². The zero-order valence-electron chi connectivity index (χ0n) is 13.3. The maximum Gasteiger partial charge on any atom is 0.246 e. The average molecular weight is 311 g/mol. The van der Waals surface area contributed by atoms with Gasteiger partial charge in [-0.1, -0.05) is 13.0 Å². The van der Waals surface area contributed by atoms with Crippen LogP contribution < -0.4 is 4.74 Å². The second-order valence-corrected chi connectivity index (χ2v) is 8.06. The molecule has 5 heteroatoms. The van der Waals surface area contributed by atoms with Crippen LogP contribution in [0.25, 0.3) is 0 Å². The molecule has 21 heavy (non-hydrogen) atoms. The predicted molar refractivity (Wildman–Crippen MR) is 84.1 cm³/mol. The van der Waals surface area contributed by atoms with Gasteiger partial charge >= 0.3 is 0 Å². The first-order valence-corrected chi connectivity index (χ1v) is 8.93. The van der Waals surface area contributed by atoms with Gasteiger partial charge in [-0.15, -0.1) is 0 Å². The Bertz CT molecular complexity index is 590. The van der Waals surface area contributed by atoms with E-state index < -0.39 is 10.0 Å². The van der Waals surface area contributed by atoms with Gasteiger partial charge in [0, 0.05) is 13.1 Å². The Labute approximate surface area is 128 Å². The highest BCUT2D eigenvalue weighted by Crippen LogP contribution is 2.32. The highest BCUT2D eigenvalue weighted by Gasteiger charge is 2.32. The molecule has 1 aliphatic carbocycles. The standard InChI is InChI=1S/C16H25NO3S/c1-12-5-8-14(9-6-12)17(3)21(18,19)16-11-13(2)7-10-15(16)20-4/h7,10-12,14H,5-6,8-9H2,1-4H3. The lowest BCUT2D eigenvalue weighted by atomic mass is 9.87. The first-order valence-electron chi connectivity index (χ1n) is 7.49. The summed E-state index contributed by atoms with van der Waals surface area (Å²) in [5.41, 5.74) is 0.917. The second kappa shape index (κ2) is 6.36. The lowest BCUT2D eigenvalue weighted by molar-refractivity contribution is 0.245. The Balaban J connectivity index is 2.31. The van der Waals surface area contributed by atoms with E-state index in [1.807, 2.05) is 13.0 Å². The molecule has 0 amide bonds. The maximum atomic E-state index is 12.9. The number of nitrogens with zero attached hydrogens (tertiary/aromatic N) is 1. The van der Waals surface area contributed by atoms with Crippen molar-refractivity contribution in [2.45, 2.75) is 50.5 Å². The van der Waals surface area contributed by atoms with Gasteiger partial charge < -0.3 is 4.74 Å². The smallest absolute Gasteiger partial charge is 0.246 e. The first kappa shape index (κ1) is 16.3. The molecule has 0 aromatic heterocycles. The molecular formula is C16H25NO3S. The SMILES string of the molecule is COc1ccc(C)cc1S(=O)(=O)N(C)C1CCC(C)CC1. The van der Waals surface area contributed by atoms with Gasteiger partial charge in [-0.3, -0.25) is 0 Å². The minimum atomic E-state index is -3.51. The predicted octanol–water partition coefficient (Wildman–Crippen LogP) is 3.20. The number of ether oxygens (including phenoxy) is 1. The third-order valence-corrected chi connectivity index (χ3v) is 6.41. The highest BCUT2D eigenvalue weighted by atomic mass is 32.2. The zero-order chi connectivity index (χ0) is 15.6. The van der Waals surface area contributed by atoms with E-state index in [1.165, 1.54) is 11.4 Å². The quantitative estimate of drug-likeness (QED) is 0.858. The largest absolute Gasteiger partial charge is 0.495 e. The number of benzene rings is 1. The molecule has 0 heterocycles. The molecule has 0 aliphatic heterocycles. The van der Waals surface area contributed by atoms with Crippen molar-refractivity contribution >= 4 is 10.0 Å². The van der Waals surface area contributed by atoms with Gasteiger partial charge in [0.15, 0.2) is 0 Å². The fraction of sp³-hybridized carbons (Fsp3) is 0.625. The van der Waals surface area contributed by atoms with Crippen molar-refractivity contribution in [1.82, 2.24) is 4.31 Å². The van der Waals surface area contributed by atoms with Crippen molar-refractivity contribution < 1.29 is 13.2 Å². The van der Waals surface area contributed by atoms with E-state index in [9.17, 15) is 8.42 Å². The van der Waals surface area contributed by atoms with Gasteiger partial charge in [-0.25, -0.2) is 8.42 Å². The van der Waals surface area contributed by atoms with Crippen LogP contribution in [-0.2, 0) is 10.0 Å². The van der Waals surface area contributed by atoms with Crippen LogP contribution in [-0.4, -0.2) is 32.9 Å². The van der Waals surface area contributed by atoms with E-state index >= 15 is 0 Å². The minimum absolute atomic E-state index is 0.0939. The lowest BCUT2D eigenvalue weighted by Gasteiger charge is -2.33. The van der Waals surface area contributed by atoms with Crippen LogP contribution >= 0.6 is 0 Å². The van der Waals surface area contributed by atoms with Gasteiger partial charge in [0.1, 0.15) is 10.6 Å². The summed E-state index contributed by atoms with van der Waals surface area (Å²) < 4.78 is 32.6. The number of rotatable bonds is 4. The third kappa shape index (κ3) is 3.40. The molecule has 1 saturated carbocycles. The van der Waals surface area contributed by atoms with Crippen LogP contribution in [0.4, 0.5) is 0 Å². The first-order chi connectivity index (χ1) is 9.86. The molecule has 4 nitrogen and oxygen atoms in total. The van der Waals surface area contributed by atoms with Crippen LogP contribution in [0.3, 0.4) is 0 Å². The molecule has 0 saturated heterocycles. The van der Waals surface area contributed by atoms with Crippen molar-refractivity contribution in [2.24, 2.45) is 5.92 Å². The van der Waals surface area contributed by atoms with Crippen molar-refractivity contribution in [3.63, 3.8) is 0 Å². The van der Waals surface area contributed by atoms with Gasteiger partial charge in [0.2, 0.25) is 10.0 Å². The van der Waals surface area contributed by atoms with E-state index in [0.29, 0.717) is 11.7 Å². The Morgan fingerprint density at radius 2 is 1.81 bits per heavy atom. The summed E-state index contributed by atoms with van der Waals surface area (Å²) in [6.45, 7) is 4.12. The molecule has 1 aromatic carbocycles. The minimum Gasteiger partial charge on any atom is -0.495 e. The number of sulfonamides is 1. The summed E-state index contributed by atoms with van der Waals surface area (Å²) in [4.78, 5) is 0.270. The molecule has 0 N–H and O–H groups in total. The molecule has 1 aromatic rings. The molecule has 0 atom stereocenters. The van der Waals surface area contributed by atoms with Crippen LogP contribution in [0, 0.1) is 12.8 Å². The topological polar surface area (TPSA) is 46.6 Å². The molecule has 0 bridgehead atoms. The fourth-order valence-corrected chi connectivity index (χ4v) is 4.60. The van der Waals surface area contributed by atoms with E-state index in [1.54, 1.807) is 19.2 Å². The van der Waals surface area contributed by atoms with Crippen LogP contribution in [0.15, 0.2) is 23.1 Å². The monoisotopic (exact) mass is 311 g/mol. The summed E-state index contributed by atoms with van der Waals surface area (Å²) in [7, 11) is -0.315. The molecule has 118 valence electrons. The zero-order valence-corrected chi connectivity index (χ0v) is 14.1. The lowest BCUT2D eigenvalue weighted by Crippen LogP contribution is -2.39. The summed E-state index contributed by atoms with van der Waals surface area (Å²) in [6, 6.07) is 5.37. The molecule has 0 spiro atoms. The molecule has 1 aliphatic rings. The summed E-state index contributed by atoms with van der Waals surface area (Å²) in [5, 5.41) is 0. The molecule has 1 fully saturated rings. The average Bonchev–Trinajstić information content (AvgIpc) is 2.47. The molecular weight excluding hydrogens is 286 g/mol. The normalized spacial score (nSPS) is 23.3. The number of methoxy groups -OCH3 is 1. The summed E-state index contributed by atoms with van der Waals surface area (Å²) >= 11 is 0. The Morgan fingerprint density at radius 3 is 2.38 bits per heavy atom. The van der Waals surface area contributed by atoms with Gasteiger partial charge in [-0.2, -0.15) is 4.31 Å². The van der Waals surface area contributed by atoms with Crippen molar-refractivity contribution in [1.29, 1.82) is 0 Å². The molecule has 0 unspecified atom stereocenters. The van der Waals surface area contributed by atoms with Gasteiger partial charge in [0.25, 0.3) is 0 Å². The summed E-state index contributed by atoms with van der Waals surface area (Å²) in [6.07, 6.45) is 4.06. The number of hydrogen-bond donors (Lipinski definition) is 0. The third-order valence-electron chi connectivity index (χ3n) is 4.48. The highest BCUT2D eigenvalue weighted by molar-refractivity contribution is 7.89. The van der Waals surface area contributed by atoms with Crippen molar-refractivity contribution in [3.05, 3.63) is 23.8 Å². The Hall–Kier alpha value is -1.07. The van der Waals surface area contributed by atoms with Crippen molar-refractivity contribution in [2.75, 3.05) is 14.2 Å². The van der Waals surface area contributed by atoms with E-state index in [2.05, 4.69) is 6.92 Å².